The summed E-state index contributed by atoms with van der Waals surface area (Å²) in [4.78, 5) is 20.9. The molecule has 1 N–H and O–H groups in total. The van der Waals surface area contributed by atoms with Gasteiger partial charge >= 0.3 is 0 Å². The van der Waals surface area contributed by atoms with Gasteiger partial charge in [0.25, 0.3) is 0 Å². The number of aromatic nitrogens is 1. The molecule has 126 valence electrons. The highest BCUT2D eigenvalue weighted by molar-refractivity contribution is 5.79. The predicted octanol–water partition coefficient (Wildman–Crippen LogP) is 2.30. The molecule has 1 aliphatic heterocycles. The number of hydrogen-bond donors (Lipinski definition) is 1. The van der Waals surface area contributed by atoms with Gasteiger partial charge in [-0.2, -0.15) is 0 Å². The Morgan fingerprint density at radius 2 is 1.88 bits per heavy atom. The minimum absolute atomic E-state index is 0.112. The average molecular weight is 325 g/mol. The SMILES string of the molecule is Cc1ccc(CC(=O)N2CCN(c3cnccc3C)CC2)cc1O. The van der Waals surface area contributed by atoms with E-state index >= 15 is 0 Å². The minimum atomic E-state index is 0.112. The first-order valence-corrected chi connectivity index (χ1v) is 8.26. The number of nitrogens with zero attached hydrogens (tertiary/aromatic N) is 3. The molecule has 1 fully saturated rings. The summed E-state index contributed by atoms with van der Waals surface area (Å²) in [5.41, 5.74) is 4.04. The number of rotatable bonds is 3. The molecule has 2 heterocycles. The molecule has 1 aromatic carbocycles. The maximum absolute atomic E-state index is 12.5. The van der Waals surface area contributed by atoms with E-state index in [0.29, 0.717) is 19.5 Å². The van der Waals surface area contributed by atoms with Gasteiger partial charge in [0.2, 0.25) is 5.91 Å². The molecule has 0 radical (unpaired) electrons. The molecule has 1 saturated heterocycles. The molecular weight excluding hydrogens is 302 g/mol. The Balaban J connectivity index is 1.59. The van der Waals surface area contributed by atoms with Crippen molar-refractivity contribution in [1.29, 1.82) is 0 Å². The van der Waals surface area contributed by atoms with Crippen LogP contribution < -0.4 is 4.90 Å². The van der Waals surface area contributed by atoms with Gasteiger partial charge in [-0.25, -0.2) is 0 Å². The molecule has 0 saturated carbocycles. The fourth-order valence-electron chi connectivity index (χ4n) is 3.03. The number of hydrogen-bond acceptors (Lipinski definition) is 4. The van der Waals surface area contributed by atoms with Crippen LogP contribution in [0.15, 0.2) is 36.7 Å². The number of carbonyl (C=O) groups excluding carboxylic acids is 1. The van der Waals surface area contributed by atoms with E-state index in [2.05, 4.69) is 16.8 Å². The molecule has 5 nitrogen and oxygen atoms in total. The fraction of sp³-hybridized carbons (Fsp3) is 0.368. The van der Waals surface area contributed by atoms with Crippen molar-refractivity contribution < 1.29 is 9.90 Å². The average Bonchev–Trinajstić information content (AvgIpc) is 2.59. The number of amides is 1. The second-order valence-electron chi connectivity index (χ2n) is 6.33. The number of aryl methyl sites for hydroxylation is 2. The van der Waals surface area contributed by atoms with E-state index < -0.39 is 0 Å². The van der Waals surface area contributed by atoms with E-state index in [1.165, 1.54) is 5.56 Å². The summed E-state index contributed by atoms with van der Waals surface area (Å²) in [5.74, 6) is 0.359. The van der Waals surface area contributed by atoms with Gasteiger partial charge in [-0.05, 0) is 42.7 Å². The summed E-state index contributed by atoms with van der Waals surface area (Å²) >= 11 is 0. The standard InChI is InChI=1S/C19H23N3O2/c1-14-5-6-20-13-17(14)21-7-9-22(10-8-21)19(24)12-16-4-3-15(2)18(23)11-16/h3-6,11,13,23H,7-10,12H2,1-2H3. The second kappa shape index (κ2) is 6.91. The number of aromatic hydroxyl groups is 1. The molecule has 1 amide bonds. The van der Waals surface area contributed by atoms with Gasteiger partial charge in [0.15, 0.2) is 0 Å². The van der Waals surface area contributed by atoms with Crippen LogP contribution in [0.4, 0.5) is 5.69 Å². The van der Waals surface area contributed by atoms with Gasteiger partial charge in [-0.1, -0.05) is 12.1 Å². The zero-order valence-corrected chi connectivity index (χ0v) is 14.2. The Hall–Kier alpha value is -2.56. The Bertz CT molecular complexity index is 737. The number of phenols is 1. The van der Waals surface area contributed by atoms with Gasteiger partial charge in [0.1, 0.15) is 5.75 Å². The second-order valence-corrected chi connectivity index (χ2v) is 6.33. The van der Waals surface area contributed by atoms with Crippen molar-refractivity contribution in [2.24, 2.45) is 0 Å². The van der Waals surface area contributed by atoms with E-state index in [9.17, 15) is 9.90 Å². The van der Waals surface area contributed by atoms with E-state index in [1.54, 1.807) is 12.3 Å². The summed E-state index contributed by atoms with van der Waals surface area (Å²) in [7, 11) is 0. The lowest BCUT2D eigenvalue weighted by molar-refractivity contribution is -0.130. The third kappa shape index (κ3) is 3.50. The number of pyridine rings is 1. The summed E-state index contributed by atoms with van der Waals surface area (Å²) in [6.45, 7) is 6.99. The lowest BCUT2D eigenvalue weighted by Gasteiger charge is -2.36. The van der Waals surface area contributed by atoms with E-state index in [-0.39, 0.29) is 11.7 Å². The van der Waals surface area contributed by atoms with Crippen LogP contribution in [0.1, 0.15) is 16.7 Å². The number of carbonyl (C=O) groups is 1. The third-order valence-electron chi connectivity index (χ3n) is 4.61. The van der Waals surface area contributed by atoms with Crippen molar-refractivity contribution >= 4 is 11.6 Å². The van der Waals surface area contributed by atoms with Gasteiger partial charge in [-0.3, -0.25) is 9.78 Å². The highest BCUT2D eigenvalue weighted by atomic mass is 16.3. The van der Waals surface area contributed by atoms with Crippen molar-refractivity contribution in [1.82, 2.24) is 9.88 Å². The first-order valence-electron chi connectivity index (χ1n) is 8.26. The molecule has 0 atom stereocenters. The number of anilines is 1. The van der Waals surface area contributed by atoms with Crippen LogP contribution in [0.2, 0.25) is 0 Å². The Kier molecular flexibility index (Phi) is 4.69. The van der Waals surface area contributed by atoms with Crippen LogP contribution >= 0.6 is 0 Å². The van der Waals surface area contributed by atoms with Crippen molar-refractivity contribution in [3.8, 4) is 5.75 Å². The Morgan fingerprint density at radius 3 is 2.54 bits per heavy atom. The zero-order chi connectivity index (χ0) is 17.1. The van der Waals surface area contributed by atoms with Crippen LogP contribution in [0.3, 0.4) is 0 Å². The van der Waals surface area contributed by atoms with Gasteiger partial charge < -0.3 is 14.9 Å². The molecule has 0 bridgehead atoms. The summed E-state index contributed by atoms with van der Waals surface area (Å²) in [5, 5.41) is 9.77. The van der Waals surface area contributed by atoms with Gasteiger partial charge in [-0.15, -0.1) is 0 Å². The number of benzene rings is 1. The smallest absolute Gasteiger partial charge is 0.227 e. The van der Waals surface area contributed by atoms with Gasteiger partial charge in [0.05, 0.1) is 18.3 Å². The maximum atomic E-state index is 12.5. The molecule has 1 aromatic heterocycles. The van der Waals surface area contributed by atoms with E-state index in [0.717, 1.165) is 29.9 Å². The molecule has 3 rings (SSSR count). The molecule has 5 heteroatoms. The minimum Gasteiger partial charge on any atom is -0.508 e. The third-order valence-corrected chi connectivity index (χ3v) is 4.61. The van der Waals surface area contributed by atoms with Crippen LogP contribution in [0.25, 0.3) is 0 Å². The quantitative estimate of drug-likeness (QED) is 0.941. The first kappa shape index (κ1) is 16.3. The molecule has 0 unspecified atom stereocenters. The highest BCUT2D eigenvalue weighted by Crippen LogP contribution is 2.21. The summed E-state index contributed by atoms with van der Waals surface area (Å²) in [6.07, 6.45) is 4.03. The lowest BCUT2D eigenvalue weighted by atomic mass is 10.1. The van der Waals surface area contributed by atoms with Crippen LogP contribution in [-0.4, -0.2) is 47.1 Å². The first-order chi connectivity index (χ1) is 11.5. The van der Waals surface area contributed by atoms with Crippen molar-refractivity contribution in [3.63, 3.8) is 0 Å². The Morgan fingerprint density at radius 1 is 1.12 bits per heavy atom. The Labute approximate surface area is 142 Å². The molecule has 2 aromatic rings. The molecule has 0 spiro atoms. The molecule has 0 aliphatic carbocycles. The van der Waals surface area contributed by atoms with Crippen molar-refractivity contribution in [2.75, 3.05) is 31.1 Å². The molecule has 1 aliphatic rings. The zero-order valence-electron chi connectivity index (χ0n) is 14.2. The number of phenolic OH excluding ortho intramolecular Hbond substituents is 1. The van der Waals surface area contributed by atoms with Crippen LogP contribution in [0.5, 0.6) is 5.75 Å². The van der Waals surface area contributed by atoms with Crippen molar-refractivity contribution in [3.05, 3.63) is 53.3 Å². The van der Waals surface area contributed by atoms with E-state index in [4.69, 9.17) is 0 Å². The van der Waals surface area contributed by atoms with Gasteiger partial charge in [0, 0.05) is 32.4 Å². The van der Waals surface area contributed by atoms with Crippen LogP contribution in [-0.2, 0) is 11.2 Å². The summed E-state index contributed by atoms with van der Waals surface area (Å²) in [6, 6.07) is 7.45. The normalized spacial score (nSPS) is 14.8. The number of piperazine rings is 1. The highest BCUT2D eigenvalue weighted by Gasteiger charge is 2.22. The molecular formula is C19H23N3O2. The molecule has 24 heavy (non-hydrogen) atoms. The topological polar surface area (TPSA) is 56.7 Å². The maximum Gasteiger partial charge on any atom is 0.227 e. The fourth-order valence-corrected chi connectivity index (χ4v) is 3.03. The van der Waals surface area contributed by atoms with Crippen LogP contribution in [0, 0.1) is 13.8 Å². The monoisotopic (exact) mass is 325 g/mol. The van der Waals surface area contributed by atoms with Crippen molar-refractivity contribution in [2.45, 2.75) is 20.3 Å². The summed E-state index contributed by atoms with van der Waals surface area (Å²) < 4.78 is 0. The van der Waals surface area contributed by atoms with E-state index in [1.807, 2.05) is 36.2 Å². The largest absolute Gasteiger partial charge is 0.508 e. The lowest BCUT2D eigenvalue weighted by Crippen LogP contribution is -2.49. The predicted molar refractivity (Wildman–Crippen MR) is 94.3 cm³/mol.